The van der Waals surface area contributed by atoms with Crippen LogP contribution in [-0.2, 0) is 21.3 Å². The molecular weight excluding hydrogens is 534 g/mol. The molecule has 34 heavy (non-hydrogen) atoms. The summed E-state index contributed by atoms with van der Waals surface area (Å²) >= 11 is -2.44. The SMILES string of the molecule is C1=C[CH]([Zr+2](=[C](c2ccccc2)c2ccccc2)[CH]2c3ccccc3-c3ccccc32)C=C1.[Cl-].[Cl-]. The van der Waals surface area contributed by atoms with E-state index in [9.17, 15) is 0 Å². The second-order valence-electron chi connectivity index (χ2n) is 8.47. The van der Waals surface area contributed by atoms with Crippen LogP contribution in [0.4, 0.5) is 0 Å². The van der Waals surface area contributed by atoms with Crippen LogP contribution in [0, 0.1) is 0 Å². The van der Waals surface area contributed by atoms with Crippen molar-refractivity contribution in [2.45, 2.75) is 7.25 Å². The Balaban J connectivity index is 0.00000137. The zero-order valence-electron chi connectivity index (χ0n) is 18.6. The number of rotatable bonds is 4. The molecule has 3 heteroatoms. The minimum atomic E-state index is -2.44. The van der Waals surface area contributed by atoms with E-state index in [-0.39, 0.29) is 24.8 Å². The van der Waals surface area contributed by atoms with Crippen LogP contribution >= 0.6 is 0 Å². The van der Waals surface area contributed by atoms with E-state index in [1.54, 1.807) is 3.21 Å². The standard InChI is InChI=1S/C13H9.C13H10.C5H5.2ClH.Zr/c1-3-7-12-10(5-1)9-11-6-2-4-8-13(11)12;1-3-7-12(8-4-1)11-13-9-5-2-6-10-13;1-2-4-5-3-1;;;/h1-9H;1-10H;1-5H;2*1H;/q;;;;;+2/p-2. The van der Waals surface area contributed by atoms with E-state index in [4.69, 9.17) is 0 Å². The van der Waals surface area contributed by atoms with Crippen molar-refractivity contribution in [2.75, 3.05) is 0 Å². The zero-order chi connectivity index (χ0) is 21.3. The van der Waals surface area contributed by atoms with Gasteiger partial charge in [-0.2, -0.15) is 0 Å². The van der Waals surface area contributed by atoms with Crippen molar-refractivity contribution < 1.29 is 46.1 Å². The third-order valence-electron chi connectivity index (χ3n) is 6.67. The van der Waals surface area contributed by atoms with Gasteiger partial charge >= 0.3 is 199 Å². The van der Waals surface area contributed by atoms with Gasteiger partial charge in [-0.25, -0.2) is 0 Å². The Bertz CT molecular complexity index is 1270. The second kappa shape index (κ2) is 11.0. The van der Waals surface area contributed by atoms with Gasteiger partial charge in [0.15, 0.2) is 0 Å². The summed E-state index contributed by atoms with van der Waals surface area (Å²) in [6.07, 6.45) is 9.44. The molecule has 4 aromatic carbocycles. The largest absolute Gasteiger partial charge is 1.00 e. The third kappa shape index (κ3) is 4.38. The van der Waals surface area contributed by atoms with Crippen molar-refractivity contribution in [1.82, 2.24) is 0 Å². The molecule has 0 amide bonds. The van der Waals surface area contributed by atoms with Crippen LogP contribution in [0.2, 0.25) is 3.63 Å². The summed E-state index contributed by atoms with van der Waals surface area (Å²) in [5.41, 5.74) is 8.70. The average molecular weight is 559 g/mol. The molecule has 0 unspecified atom stereocenters. The van der Waals surface area contributed by atoms with E-state index < -0.39 is 21.3 Å². The Morgan fingerprint density at radius 2 is 0.912 bits per heavy atom. The molecule has 0 bridgehead atoms. The van der Waals surface area contributed by atoms with Gasteiger partial charge in [0, 0.05) is 0 Å². The molecule has 166 valence electrons. The number of halogens is 2. The maximum Gasteiger partial charge on any atom is -1.00 e. The third-order valence-corrected chi connectivity index (χ3v) is 15.3. The second-order valence-corrected chi connectivity index (χ2v) is 15.0. The maximum atomic E-state index is 2.46. The van der Waals surface area contributed by atoms with Crippen molar-refractivity contribution in [1.29, 1.82) is 0 Å². The van der Waals surface area contributed by atoms with Gasteiger partial charge in [-0.3, -0.25) is 0 Å². The molecule has 0 N–H and O–H groups in total. The predicted molar refractivity (Wildman–Crippen MR) is 132 cm³/mol. The first-order valence-corrected chi connectivity index (χ1v) is 15.4. The Kier molecular flexibility index (Phi) is 8.00. The summed E-state index contributed by atoms with van der Waals surface area (Å²) in [5, 5.41) is 0. The summed E-state index contributed by atoms with van der Waals surface area (Å²) in [7, 11) is 0. The number of hydrogen-bond donors (Lipinski definition) is 0. The fraction of sp³-hybridized carbons (Fsp3) is 0.0645. The van der Waals surface area contributed by atoms with Crippen LogP contribution in [0.1, 0.15) is 25.9 Å². The van der Waals surface area contributed by atoms with E-state index in [0.717, 1.165) is 0 Å². The number of fused-ring (bicyclic) bond motifs is 3. The fourth-order valence-corrected chi connectivity index (χ4v) is 14.7. The van der Waals surface area contributed by atoms with Crippen molar-refractivity contribution in [3.63, 3.8) is 0 Å². The quantitative estimate of drug-likeness (QED) is 0.357. The van der Waals surface area contributed by atoms with Gasteiger partial charge < -0.3 is 24.8 Å². The van der Waals surface area contributed by atoms with Crippen molar-refractivity contribution >= 4 is 3.21 Å². The molecule has 6 rings (SSSR count). The first kappa shape index (κ1) is 24.8. The molecule has 2 aliphatic rings. The molecule has 0 aromatic heterocycles. The first-order chi connectivity index (χ1) is 15.9. The minimum absolute atomic E-state index is 0. The molecule has 0 spiro atoms. The number of benzene rings is 4. The zero-order valence-corrected chi connectivity index (χ0v) is 22.6. The maximum absolute atomic E-state index is 2.46. The minimum Gasteiger partial charge on any atom is -1.00 e. The van der Waals surface area contributed by atoms with Gasteiger partial charge in [0.2, 0.25) is 0 Å². The normalized spacial score (nSPS) is 13.3. The molecule has 0 heterocycles. The van der Waals surface area contributed by atoms with E-state index in [2.05, 4.69) is 133 Å². The summed E-state index contributed by atoms with van der Waals surface area (Å²) in [4.78, 5) is 0. The van der Waals surface area contributed by atoms with Gasteiger partial charge in [0.1, 0.15) is 0 Å². The van der Waals surface area contributed by atoms with Gasteiger partial charge in [0.25, 0.3) is 0 Å². The fourth-order valence-electron chi connectivity index (χ4n) is 5.34. The summed E-state index contributed by atoms with van der Waals surface area (Å²) in [6, 6.07) is 40.5. The van der Waals surface area contributed by atoms with Crippen LogP contribution in [0.15, 0.2) is 133 Å². The molecule has 0 fully saturated rings. The Labute approximate surface area is 222 Å². The average Bonchev–Trinajstić information content (AvgIpc) is 3.51. The topological polar surface area (TPSA) is 0 Å². The van der Waals surface area contributed by atoms with Crippen LogP contribution in [0.3, 0.4) is 0 Å². The molecule has 0 radical (unpaired) electrons. The molecular formula is C31H24Cl2Zr. The first-order valence-electron chi connectivity index (χ1n) is 11.3. The Morgan fingerprint density at radius 3 is 1.38 bits per heavy atom. The Morgan fingerprint density at radius 1 is 0.500 bits per heavy atom. The van der Waals surface area contributed by atoms with Gasteiger partial charge in [-0.05, 0) is 0 Å². The molecule has 2 aliphatic carbocycles. The molecule has 4 aromatic rings. The monoisotopic (exact) mass is 556 g/mol. The molecule has 0 atom stereocenters. The molecule has 0 aliphatic heterocycles. The van der Waals surface area contributed by atoms with E-state index in [1.165, 1.54) is 33.4 Å². The van der Waals surface area contributed by atoms with Crippen LogP contribution in [0.5, 0.6) is 0 Å². The Hall–Kier alpha value is -2.31. The molecule has 0 nitrogen and oxygen atoms in total. The van der Waals surface area contributed by atoms with Crippen LogP contribution < -0.4 is 24.8 Å². The van der Waals surface area contributed by atoms with Crippen molar-refractivity contribution in [3.8, 4) is 11.1 Å². The summed E-state index contributed by atoms with van der Waals surface area (Å²) < 4.78 is 2.65. The number of hydrogen-bond acceptors (Lipinski definition) is 0. The van der Waals surface area contributed by atoms with E-state index in [0.29, 0.717) is 7.25 Å². The summed E-state index contributed by atoms with van der Waals surface area (Å²) in [6.45, 7) is 0. The van der Waals surface area contributed by atoms with Gasteiger partial charge in [-0.1, -0.05) is 0 Å². The van der Waals surface area contributed by atoms with E-state index in [1.807, 2.05) is 0 Å². The molecule has 0 saturated carbocycles. The van der Waals surface area contributed by atoms with Crippen LogP contribution in [-0.4, -0.2) is 3.21 Å². The van der Waals surface area contributed by atoms with Crippen LogP contribution in [0.25, 0.3) is 11.1 Å². The van der Waals surface area contributed by atoms with E-state index >= 15 is 0 Å². The summed E-state index contributed by atoms with van der Waals surface area (Å²) in [5.74, 6) is 0. The van der Waals surface area contributed by atoms with Gasteiger partial charge in [-0.15, -0.1) is 0 Å². The van der Waals surface area contributed by atoms with Crippen molar-refractivity contribution in [3.05, 3.63) is 156 Å². The van der Waals surface area contributed by atoms with Crippen molar-refractivity contribution in [2.24, 2.45) is 0 Å². The smallest absolute Gasteiger partial charge is 1.00 e. The molecule has 0 saturated heterocycles. The predicted octanol–water partition coefficient (Wildman–Crippen LogP) is 1.57. The van der Waals surface area contributed by atoms with Gasteiger partial charge in [0.05, 0.1) is 0 Å². The number of allylic oxidation sites excluding steroid dienone is 4.